The van der Waals surface area contributed by atoms with Gasteiger partial charge in [0.25, 0.3) is 0 Å². The fraction of sp³-hybridized carbons (Fsp3) is 0. The Morgan fingerprint density at radius 3 is 2.50 bits per heavy atom. The molecule has 0 aliphatic carbocycles. The molecule has 0 saturated carbocycles. The first-order valence-corrected chi connectivity index (χ1v) is 3.17. The zero-order valence-electron chi connectivity index (χ0n) is 5.75. The van der Waals surface area contributed by atoms with Crippen molar-refractivity contribution in [2.75, 3.05) is 0 Å². The predicted octanol–water partition coefficient (Wildman–Crippen LogP) is 2.69. The Kier molecular flexibility index (Phi) is 2.50. The maximum Gasteiger partial charge on any atom is -0.0256 e. The monoisotopic (exact) mass is 129 g/mol. The summed E-state index contributed by atoms with van der Waals surface area (Å²) in [6.07, 6.45) is 6.45. The summed E-state index contributed by atoms with van der Waals surface area (Å²) >= 11 is 0. The van der Waals surface area contributed by atoms with Crippen LogP contribution in [-0.2, 0) is 0 Å². The fourth-order valence-corrected chi connectivity index (χ4v) is 0.719. The van der Waals surface area contributed by atoms with Crippen LogP contribution < -0.4 is 0 Å². The molecule has 0 spiro atoms. The van der Waals surface area contributed by atoms with E-state index in [1.165, 1.54) is 5.56 Å². The lowest BCUT2D eigenvalue weighted by Gasteiger charge is -1.87. The van der Waals surface area contributed by atoms with Crippen LogP contribution in [-0.4, -0.2) is 0 Å². The molecule has 0 aliphatic rings. The Labute approximate surface area is 61.5 Å². The molecule has 0 N–H and O–H groups in total. The molecule has 1 aromatic carbocycles. The highest BCUT2D eigenvalue weighted by molar-refractivity contribution is 5.49. The Bertz CT molecular complexity index is 219. The van der Waals surface area contributed by atoms with Crippen molar-refractivity contribution in [1.82, 2.24) is 0 Å². The summed E-state index contributed by atoms with van der Waals surface area (Å²) < 4.78 is 0. The minimum Gasteiger partial charge on any atom is -0.0912 e. The molecule has 10 heavy (non-hydrogen) atoms. The van der Waals surface area contributed by atoms with Crippen LogP contribution in [0.4, 0.5) is 0 Å². The van der Waals surface area contributed by atoms with Gasteiger partial charge in [-0.05, 0) is 11.6 Å². The van der Waals surface area contributed by atoms with Gasteiger partial charge in [-0.1, -0.05) is 49.1 Å². The molecule has 0 heterocycles. The van der Waals surface area contributed by atoms with Crippen LogP contribution >= 0.6 is 0 Å². The second kappa shape index (κ2) is 3.67. The quantitative estimate of drug-likeness (QED) is 0.538. The molecule has 0 aliphatic heterocycles. The average Bonchev–Trinajstić information content (AvgIpc) is 2.03. The zero-order chi connectivity index (χ0) is 7.23. The van der Waals surface area contributed by atoms with Gasteiger partial charge in [-0.2, -0.15) is 0 Å². The second-order valence-electron chi connectivity index (χ2n) is 1.95. The molecule has 0 aromatic heterocycles. The third kappa shape index (κ3) is 1.90. The number of hydrogen-bond donors (Lipinski definition) is 0. The molecule has 49 valence electrons. The first kappa shape index (κ1) is 6.81. The maximum atomic E-state index is 3.46. The van der Waals surface area contributed by atoms with Gasteiger partial charge in [0.2, 0.25) is 0 Å². The molecule has 1 radical (unpaired) electrons. The van der Waals surface area contributed by atoms with E-state index in [-0.39, 0.29) is 0 Å². The van der Waals surface area contributed by atoms with Crippen LogP contribution in [0.25, 0.3) is 6.08 Å². The van der Waals surface area contributed by atoms with Crippen molar-refractivity contribution < 1.29 is 0 Å². The van der Waals surface area contributed by atoms with E-state index in [1.54, 1.807) is 6.08 Å². The summed E-state index contributed by atoms with van der Waals surface area (Å²) in [5.41, 5.74) is 1.18. The average molecular weight is 129 g/mol. The van der Waals surface area contributed by atoms with Gasteiger partial charge in [0.1, 0.15) is 0 Å². The van der Waals surface area contributed by atoms with Crippen molar-refractivity contribution in [3.8, 4) is 0 Å². The molecule has 1 aromatic rings. The fourth-order valence-electron chi connectivity index (χ4n) is 0.719. The third-order valence-electron chi connectivity index (χ3n) is 1.19. The smallest absolute Gasteiger partial charge is 0.0256 e. The van der Waals surface area contributed by atoms with Crippen molar-refractivity contribution in [2.45, 2.75) is 0 Å². The SMILES string of the molecule is C=[C]/C=C/c1ccccc1. The van der Waals surface area contributed by atoms with E-state index < -0.39 is 0 Å². The summed E-state index contributed by atoms with van der Waals surface area (Å²) in [4.78, 5) is 0. The normalized spacial score (nSPS) is 10.0. The van der Waals surface area contributed by atoms with Crippen molar-refractivity contribution in [3.05, 3.63) is 54.6 Å². The Hall–Kier alpha value is -1.30. The summed E-state index contributed by atoms with van der Waals surface area (Å²) in [6.45, 7) is 3.46. The molecule has 0 fully saturated rings. The van der Waals surface area contributed by atoms with Crippen LogP contribution in [0, 0.1) is 6.08 Å². The van der Waals surface area contributed by atoms with E-state index in [0.717, 1.165) is 0 Å². The van der Waals surface area contributed by atoms with Gasteiger partial charge in [-0.3, -0.25) is 0 Å². The topological polar surface area (TPSA) is 0 Å². The minimum atomic E-state index is 1.18. The summed E-state index contributed by atoms with van der Waals surface area (Å²) in [7, 11) is 0. The van der Waals surface area contributed by atoms with Gasteiger partial charge in [0, 0.05) is 0 Å². The van der Waals surface area contributed by atoms with E-state index in [1.807, 2.05) is 36.4 Å². The van der Waals surface area contributed by atoms with E-state index in [0.29, 0.717) is 0 Å². The van der Waals surface area contributed by atoms with Crippen molar-refractivity contribution in [1.29, 1.82) is 0 Å². The Morgan fingerprint density at radius 1 is 1.20 bits per heavy atom. The predicted molar refractivity (Wildman–Crippen MR) is 44.3 cm³/mol. The van der Waals surface area contributed by atoms with Crippen LogP contribution in [0.3, 0.4) is 0 Å². The zero-order valence-corrected chi connectivity index (χ0v) is 5.75. The molecule has 0 bridgehead atoms. The summed E-state index contributed by atoms with van der Waals surface area (Å²) in [6, 6.07) is 10.1. The van der Waals surface area contributed by atoms with Gasteiger partial charge in [0.15, 0.2) is 0 Å². The highest BCUT2D eigenvalue weighted by Gasteiger charge is 1.78. The van der Waals surface area contributed by atoms with Crippen LogP contribution in [0.1, 0.15) is 5.56 Å². The molecule has 0 amide bonds. The van der Waals surface area contributed by atoms with Crippen molar-refractivity contribution in [3.63, 3.8) is 0 Å². The van der Waals surface area contributed by atoms with Gasteiger partial charge >= 0.3 is 0 Å². The Balaban J connectivity index is 2.76. The minimum absolute atomic E-state index is 1.18. The van der Waals surface area contributed by atoms with Gasteiger partial charge in [-0.15, -0.1) is 0 Å². The lowest BCUT2D eigenvalue weighted by Crippen LogP contribution is -1.65. The first-order chi connectivity index (χ1) is 4.93. The lowest BCUT2D eigenvalue weighted by atomic mass is 10.2. The lowest BCUT2D eigenvalue weighted by molar-refractivity contribution is 1.66. The van der Waals surface area contributed by atoms with Crippen LogP contribution in [0.2, 0.25) is 0 Å². The van der Waals surface area contributed by atoms with Crippen molar-refractivity contribution >= 4 is 6.08 Å². The molecule has 0 heteroatoms. The standard InChI is InChI=1S/C10H9/c1-2-3-7-10-8-5-4-6-9-10/h3-9H,1H2/b7-3+. The van der Waals surface area contributed by atoms with Gasteiger partial charge < -0.3 is 0 Å². The van der Waals surface area contributed by atoms with E-state index in [2.05, 4.69) is 12.7 Å². The molecule has 0 atom stereocenters. The summed E-state index contributed by atoms with van der Waals surface area (Å²) in [5, 5.41) is 0. The molecule has 0 saturated heterocycles. The first-order valence-electron chi connectivity index (χ1n) is 3.17. The number of allylic oxidation sites excluding steroid dienone is 2. The number of rotatable bonds is 2. The number of benzene rings is 1. The van der Waals surface area contributed by atoms with Crippen molar-refractivity contribution in [2.24, 2.45) is 0 Å². The maximum absolute atomic E-state index is 3.46. The highest BCUT2D eigenvalue weighted by Crippen LogP contribution is 1.99. The Morgan fingerprint density at radius 2 is 1.90 bits per heavy atom. The summed E-state index contributed by atoms with van der Waals surface area (Å²) in [5.74, 6) is 0. The largest absolute Gasteiger partial charge is 0.0912 e. The van der Waals surface area contributed by atoms with Gasteiger partial charge in [-0.25, -0.2) is 0 Å². The van der Waals surface area contributed by atoms with Crippen LogP contribution in [0.5, 0.6) is 0 Å². The molecule has 1 rings (SSSR count). The molecule has 0 unspecified atom stereocenters. The van der Waals surface area contributed by atoms with E-state index in [4.69, 9.17) is 0 Å². The number of hydrogen-bond acceptors (Lipinski definition) is 0. The van der Waals surface area contributed by atoms with Crippen LogP contribution in [0.15, 0.2) is 43.0 Å². The molecular weight excluding hydrogens is 120 g/mol. The third-order valence-corrected chi connectivity index (χ3v) is 1.19. The van der Waals surface area contributed by atoms with E-state index in [9.17, 15) is 0 Å². The van der Waals surface area contributed by atoms with E-state index >= 15 is 0 Å². The van der Waals surface area contributed by atoms with Gasteiger partial charge in [0.05, 0.1) is 0 Å². The second-order valence-corrected chi connectivity index (χ2v) is 1.95. The molecular formula is C10H9. The molecule has 0 nitrogen and oxygen atoms in total. The highest BCUT2D eigenvalue weighted by atomic mass is 13.8.